The summed E-state index contributed by atoms with van der Waals surface area (Å²) >= 11 is 11.8. The molecule has 2 aromatic heterocycles. The van der Waals surface area contributed by atoms with E-state index in [9.17, 15) is 4.39 Å². The number of aryl methyl sites for hydroxylation is 2. The number of hydrogen-bond acceptors (Lipinski definition) is 3. The van der Waals surface area contributed by atoms with E-state index in [1.54, 1.807) is 23.0 Å². The van der Waals surface area contributed by atoms with Gasteiger partial charge in [0.25, 0.3) is 0 Å². The van der Waals surface area contributed by atoms with Gasteiger partial charge in [-0.2, -0.15) is 10.2 Å². The second kappa shape index (κ2) is 9.72. The number of halogens is 2. The first-order valence-corrected chi connectivity index (χ1v) is 11.2. The van der Waals surface area contributed by atoms with E-state index < -0.39 is 0 Å². The van der Waals surface area contributed by atoms with Crippen molar-refractivity contribution in [2.24, 2.45) is 0 Å². The summed E-state index contributed by atoms with van der Waals surface area (Å²) < 4.78 is 16.7. The Hall–Kier alpha value is -3.23. The smallest absolute Gasteiger partial charge is 0.176 e. The normalized spacial score (nSPS) is 10.9. The van der Waals surface area contributed by atoms with E-state index in [0.29, 0.717) is 29.0 Å². The van der Waals surface area contributed by atoms with Crippen LogP contribution in [0.1, 0.15) is 28.1 Å². The van der Waals surface area contributed by atoms with Gasteiger partial charge in [0.2, 0.25) is 0 Å². The summed E-state index contributed by atoms with van der Waals surface area (Å²) in [6.07, 6.45) is 1.70. The number of nitrogens with one attached hydrogen (secondary N) is 2. The average molecular weight is 483 g/mol. The molecular formula is C24H24ClFN6S. The molecule has 0 unspecified atom stereocenters. The van der Waals surface area contributed by atoms with Crippen LogP contribution in [-0.4, -0.2) is 24.7 Å². The lowest BCUT2D eigenvalue weighted by atomic mass is 10.1. The van der Waals surface area contributed by atoms with E-state index in [1.165, 1.54) is 23.3 Å². The first-order chi connectivity index (χ1) is 15.8. The van der Waals surface area contributed by atoms with Crippen molar-refractivity contribution in [1.29, 1.82) is 0 Å². The number of thiocarbonyl (C=S) groups is 1. The highest BCUT2D eigenvalue weighted by Crippen LogP contribution is 2.23. The predicted molar refractivity (Wildman–Crippen MR) is 135 cm³/mol. The van der Waals surface area contributed by atoms with E-state index in [1.807, 2.05) is 18.5 Å². The number of benzene rings is 2. The van der Waals surface area contributed by atoms with Crippen molar-refractivity contribution in [3.05, 3.63) is 93.6 Å². The van der Waals surface area contributed by atoms with E-state index in [4.69, 9.17) is 23.8 Å². The van der Waals surface area contributed by atoms with Gasteiger partial charge in [-0.25, -0.2) is 4.39 Å². The molecule has 0 radical (unpaired) electrons. The van der Waals surface area contributed by atoms with Gasteiger partial charge in [-0.15, -0.1) is 0 Å². The van der Waals surface area contributed by atoms with Gasteiger partial charge < -0.3 is 10.6 Å². The van der Waals surface area contributed by atoms with Gasteiger partial charge in [0.05, 0.1) is 30.2 Å². The zero-order valence-corrected chi connectivity index (χ0v) is 20.1. The highest BCUT2D eigenvalue weighted by atomic mass is 35.5. The molecule has 0 spiro atoms. The second-order valence-corrected chi connectivity index (χ2v) is 8.73. The van der Waals surface area contributed by atoms with Crippen molar-refractivity contribution in [2.45, 2.75) is 33.9 Å². The molecule has 0 saturated heterocycles. The minimum Gasteiger partial charge on any atom is -0.329 e. The van der Waals surface area contributed by atoms with Crippen molar-refractivity contribution in [3.8, 4) is 0 Å². The van der Waals surface area contributed by atoms with Crippen LogP contribution < -0.4 is 10.6 Å². The fraction of sp³-hybridized carbons (Fsp3) is 0.208. The maximum Gasteiger partial charge on any atom is 0.176 e. The molecule has 0 bridgehead atoms. The fourth-order valence-electron chi connectivity index (χ4n) is 3.49. The fourth-order valence-corrected chi connectivity index (χ4v) is 3.89. The summed E-state index contributed by atoms with van der Waals surface area (Å²) in [4.78, 5) is 0. The third-order valence-electron chi connectivity index (χ3n) is 5.28. The summed E-state index contributed by atoms with van der Waals surface area (Å²) in [5, 5.41) is 16.2. The van der Waals surface area contributed by atoms with E-state index in [2.05, 4.69) is 52.0 Å². The van der Waals surface area contributed by atoms with Gasteiger partial charge in [0.1, 0.15) is 10.8 Å². The molecule has 6 nitrogen and oxygen atoms in total. The molecule has 9 heteroatoms. The van der Waals surface area contributed by atoms with E-state index in [-0.39, 0.29) is 5.82 Å². The maximum atomic E-state index is 13.1. The summed E-state index contributed by atoms with van der Waals surface area (Å²) in [5.74, 6) is 0.169. The molecule has 33 heavy (non-hydrogen) atoms. The monoisotopic (exact) mass is 482 g/mol. The van der Waals surface area contributed by atoms with Crippen molar-refractivity contribution in [3.63, 3.8) is 0 Å². The molecule has 0 amide bonds. The molecule has 4 rings (SSSR count). The van der Waals surface area contributed by atoms with Gasteiger partial charge in [0, 0.05) is 6.20 Å². The van der Waals surface area contributed by atoms with Crippen molar-refractivity contribution in [1.82, 2.24) is 19.6 Å². The SMILES string of the molecule is Cc1ccc(Cn2nc(C)c(NC(=S)Nc3nn(Cc4ccc(F)cc4)cc3Cl)c2C)cc1. The summed E-state index contributed by atoms with van der Waals surface area (Å²) in [6, 6.07) is 14.7. The molecule has 0 saturated carbocycles. The Morgan fingerprint density at radius 2 is 1.58 bits per heavy atom. The van der Waals surface area contributed by atoms with Crippen LogP contribution in [0.5, 0.6) is 0 Å². The molecule has 0 fully saturated rings. The Morgan fingerprint density at radius 1 is 0.939 bits per heavy atom. The Labute approximate surface area is 202 Å². The molecular weight excluding hydrogens is 459 g/mol. The largest absolute Gasteiger partial charge is 0.329 e. The number of aromatic nitrogens is 4. The van der Waals surface area contributed by atoms with Crippen LogP contribution in [0.4, 0.5) is 15.9 Å². The van der Waals surface area contributed by atoms with Crippen LogP contribution in [0.3, 0.4) is 0 Å². The standard InChI is InChI=1S/C24H24ClFN6S/c1-15-4-6-19(7-5-15)13-32-17(3)22(16(2)29-32)27-24(33)28-23-21(25)14-31(30-23)12-18-8-10-20(26)11-9-18/h4-11,14H,12-13H2,1-3H3,(H2,27,28,30,33). The Bertz CT molecular complexity index is 1280. The Kier molecular flexibility index (Phi) is 6.76. The maximum absolute atomic E-state index is 13.1. The lowest BCUT2D eigenvalue weighted by Crippen LogP contribution is -2.20. The Balaban J connectivity index is 1.42. The van der Waals surface area contributed by atoms with Crippen molar-refractivity contribution >= 4 is 40.4 Å². The van der Waals surface area contributed by atoms with Crippen LogP contribution in [0.15, 0.2) is 54.7 Å². The number of rotatable bonds is 6. The quantitative estimate of drug-likeness (QED) is 0.345. The minimum atomic E-state index is -0.274. The van der Waals surface area contributed by atoms with Gasteiger partial charge in [0.15, 0.2) is 10.9 Å². The first kappa shape index (κ1) is 22.9. The summed E-state index contributed by atoms with van der Waals surface area (Å²) in [5.41, 5.74) is 5.99. The van der Waals surface area contributed by atoms with Crippen LogP contribution in [-0.2, 0) is 13.1 Å². The molecule has 0 atom stereocenters. The summed E-state index contributed by atoms with van der Waals surface area (Å²) in [7, 11) is 0. The molecule has 0 aliphatic rings. The molecule has 2 heterocycles. The highest BCUT2D eigenvalue weighted by molar-refractivity contribution is 7.80. The van der Waals surface area contributed by atoms with Crippen LogP contribution in [0.2, 0.25) is 5.02 Å². The lowest BCUT2D eigenvalue weighted by molar-refractivity contribution is 0.624. The van der Waals surface area contributed by atoms with Gasteiger partial charge in [-0.3, -0.25) is 9.36 Å². The molecule has 0 aliphatic heterocycles. The Morgan fingerprint density at radius 3 is 2.27 bits per heavy atom. The third-order valence-corrected chi connectivity index (χ3v) is 5.76. The average Bonchev–Trinajstić information content (AvgIpc) is 3.24. The second-order valence-electron chi connectivity index (χ2n) is 7.92. The van der Waals surface area contributed by atoms with Crippen molar-refractivity contribution in [2.75, 3.05) is 10.6 Å². The van der Waals surface area contributed by atoms with Crippen LogP contribution in [0, 0.1) is 26.6 Å². The van der Waals surface area contributed by atoms with Crippen molar-refractivity contribution < 1.29 is 4.39 Å². The zero-order valence-electron chi connectivity index (χ0n) is 18.6. The van der Waals surface area contributed by atoms with Gasteiger partial charge in [-0.05, 0) is 56.2 Å². The topological polar surface area (TPSA) is 59.7 Å². The molecule has 4 aromatic rings. The number of hydrogen-bond donors (Lipinski definition) is 2. The summed E-state index contributed by atoms with van der Waals surface area (Å²) in [6.45, 7) is 7.15. The minimum absolute atomic E-state index is 0.274. The van der Waals surface area contributed by atoms with Gasteiger partial charge in [-0.1, -0.05) is 53.6 Å². The highest BCUT2D eigenvalue weighted by Gasteiger charge is 2.15. The molecule has 0 aliphatic carbocycles. The van der Waals surface area contributed by atoms with Crippen LogP contribution in [0.25, 0.3) is 0 Å². The van der Waals surface area contributed by atoms with E-state index in [0.717, 1.165) is 22.6 Å². The van der Waals surface area contributed by atoms with Gasteiger partial charge >= 0.3 is 0 Å². The van der Waals surface area contributed by atoms with E-state index >= 15 is 0 Å². The lowest BCUT2D eigenvalue weighted by Gasteiger charge is -2.10. The molecule has 170 valence electrons. The molecule has 2 aromatic carbocycles. The third kappa shape index (κ3) is 5.58. The van der Waals surface area contributed by atoms with Crippen LogP contribution >= 0.6 is 23.8 Å². The zero-order chi connectivity index (χ0) is 23.5. The number of nitrogens with zero attached hydrogens (tertiary/aromatic N) is 4. The molecule has 2 N–H and O–H groups in total. The number of anilines is 2. The first-order valence-electron chi connectivity index (χ1n) is 10.4. The predicted octanol–water partition coefficient (Wildman–Crippen LogP) is 5.70.